The molecule has 0 bridgehead atoms. The maximum Gasteiger partial charge on any atom is 0.269 e. The molecule has 6 nitrogen and oxygen atoms in total. The van der Waals surface area contributed by atoms with E-state index in [4.69, 9.17) is 17.0 Å². The van der Waals surface area contributed by atoms with E-state index in [2.05, 4.69) is 11.9 Å². The van der Waals surface area contributed by atoms with Crippen LogP contribution in [0.5, 0.6) is 11.6 Å². The highest BCUT2D eigenvalue weighted by molar-refractivity contribution is 8.26. The molecular weight excluding hydrogens is 473 g/mol. The van der Waals surface area contributed by atoms with Gasteiger partial charge in [-0.2, -0.15) is 4.98 Å². The number of pyridine rings is 1. The molecule has 2 aromatic heterocycles. The number of rotatable bonds is 8. The normalized spacial score (nSPS) is 15.0. The summed E-state index contributed by atoms with van der Waals surface area (Å²) in [6.07, 6.45) is 7.22. The molecule has 3 aromatic rings. The molecule has 3 heterocycles. The molecule has 1 aliphatic heterocycles. The number of aryl methyl sites for hydroxylation is 1. The fourth-order valence-corrected chi connectivity index (χ4v) is 4.92. The third kappa shape index (κ3) is 5.05. The largest absolute Gasteiger partial charge is 0.438 e. The van der Waals surface area contributed by atoms with Crippen molar-refractivity contribution in [3.8, 4) is 11.6 Å². The quantitative estimate of drug-likeness (QED) is 0.225. The maximum atomic E-state index is 13.4. The molecule has 0 radical (unpaired) electrons. The zero-order valence-electron chi connectivity index (χ0n) is 18.9. The molecule has 1 fully saturated rings. The lowest BCUT2D eigenvalue weighted by Gasteiger charge is -2.14. The number of carbonyl (C=O) groups is 1. The Morgan fingerprint density at radius 3 is 2.65 bits per heavy atom. The van der Waals surface area contributed by atoms with Gasteiger partial charge in [0.25, 0.3) is 11.5 Å². The fraction of sp³-hybridized carbons (Fsp3) is 0.280. The van der Waals surface area contributed by atoms with Gasteiger partial charge in [0.15, 0.2) is 0 Å². The molecule has 34 heavy (non-hydrogen) atoms. The number of carbonyl (C=O) groups excluding carboxylic acids is 1. The summed E-state index contributed by atoms with van der Waals surface area (Å²) < 4.78 is 21.1. The van der Waals surface area contributed by atoms with Gasteiger partial charge in [-0.25, -0.2) is 4.39 Å². The van der Waals surface area contributed by atoms with Crippen molar-refractivity contribution >= 4 is 45.9 Å². The number of unbranched alkanes of at least 4 members (excludes halogenated alkanes) is 3. The second-order valence-electron chi connectivity index (χ2n) is 7.97. The predicted octanol–water partition coefficient (Wildman–Crippen LogP) is 5.72. The average molecular weight is 498 g/mol. The molecule has 0 unspecified atom stereocenters. The van der Waals surface area contributed by atoms with Crippen LogP contribution in [0.3, 0.4) is 0 Å². The summed E-state index contributed by atoms with van der Waals surface area (Å²) in [5.74, 6) is -0.269. The molecular formula is C25H24FN3O3S2. The van der Waals surface area contributed by atoms with Gasteiger partial charge in [-0.15, -0.1) is 0 Å². The van der Waals surface area contributed by atoms with E-state index >= 15 is 0 Å². The van der Waals surface area contributed by atoms with Crippen molar-refractivity contribution in [2.75, 3.05) is 6.54 Å². The molecule has 1 aliphatic rings. The van der Waals surface area contributed by atoms with Crippen molar-refractivity contribution < 1.29 is 13.9 Å². The molecule has 0 atom stereocenters. The number of hydrogen-bond acceptors (Lipinski definition) is 6. The third-order valence-corrected chi connectivity index (χ3v) is 6.84. The molecule has 1 aromatic carbocycles. The van der Waals surface area contributed by atoms with Crippen LogP contribution in [0.2, 0.25) is 0 Å². The third-order valence-electron chi connectivity index (χ3n) is 5.46. The van der Waals surface area contributed by atoms with E-state index in [1.807, 2.05) is 13.0 Å². The predicted molar refractivity (Wildman–Crippen MR) is 137 cm³/mol. The van der Waals surface area contributed by atoms with Crippen molar-refractivity contribution in [2.45, 2.75) is 39.5 Å². The number of benzene rings is 1. The Morgan fingerprint density at radius 2 is 1.91 bits per heavy atom. The molecule has 1 saturated heterocycles. The van der Waals surface area contributed by atoms with E-state index in [1.54, 1.807) is 17.2 Å². The second kappa shape index (κ2) is 10.5. The summed E-state index contributed by atoms with van der Waals surface area (Å²) in [6.45, 7) is 4.52. The Kier molecular flexibility index (Phi) is 7.43. The monoisotopic (exact) mass is 497 g/mol. The molecule has 0 aliphatic carbocycles. The minimum absolute atomic E-state index is 0.0409. The van der Waals surface area contributed by atoms with Gasteiger partial charge in [0, 0.05) is 12.7 Å². The molecule has 0 N–H and O–H groups in total. The number of ether oxygens (including phenoxy) is 1. The van der Waals surface area contributed by atoms with Gasteiger partial charge < -0.3 is 4.74 Å². The van der Waals surface area contributed by atoms with Gasteiger partial charge in [0.1, 0.15) is 27.1 Å². The summed E-state index contributed by atoms with van der Waals surface area (Å²) in [6, 6.07) is 9.03. The number of fused-ring (bicyclic) bond motifs is 1. The van der Waals surface area contributed by atoms with Gasteiger partial charge in [-0.1, -0.05) is 56.2 Å². The van der Waals surface area contributed by atoms with Gasteiger partial charge >= 0.3 is 0 Å². The second-order valence-corrected chi connectivity index (χ2v) is 9.65. The number of aromatic nitrogens is 2. The van der Waals surface area contributed by atoms with Crippen LogP contribution in [0.15, 0.2) is 52.3 Å². The van der Waals surface area contributed by atoms with Crippen LogP contribution in [-0.4, -0.2) is 31.1 Å². The molecule has 0 spiro atoms. The van der Waals surface area contributed by atoms with Gasteiger partial charge in [0.2, 0.25) is 5.88 Å². The van der Waals surface area contributed by atoms with Crippen molar-refractivity contribution in [3.63, 3.8) is 0 Å². The number of thioether (sulfide) groups is 1. The summed E-state index contributed by atoms with van der Waals surface area (Å²) >= 11 is 6.59. The van der Waals surface area contributed by atoms with E-state index in [1.165, 1.54) is 34.7 Å². The van der Waals surface area contributed by atoms with E-state index in [9.17, 15) is 14.0 Å². The summed E-state index contributed by atoms with van der Waals surface area (Å²) in [4.78, 5) is 33.0. The van der Waals surface area contributed by atoms with Crippen LogP contribution in [0.25, 0.3) is 11.7 Å². The minimum atomic E-state index is -0.405. The first-order valence-electron chi connectivity index (χ1n) is 11.1. The van der Waals surface area contributed by atoms with Crippen LogP contribution in [-0.2, 0) is 4.79 Å². The lowest BCUT2D eigenvalue weighted by Crippen LogP contribution is -2.29. The summed E-state index contributed by atoms with van der Waals surface area (Å²) in [5.41, 5.74) is 0.969. The molecule has 0 saturated carbocycles. The minimum Gasteiger partial charge on any atom is -0.438 e. The Labute approximate surface area is 206 Å². The highest BCUT2D eigenvalue weighted by atomic mass is 32.2. The van der Waals surface area contributed by atoms with Crippen LogP contribution in [0.4, 0.5) is 4.39 Å². The van der Waals surface area contributed by atoms with Crippen LogP contribution >= 0.6 is 24.0 Å². The Balaban J connectivity index is 1.75. The van der Waals surface area contributed by atoms with Gasteiger partial charge in [0.05, 0.1) is 4.91 Å². The zero-order valence-corrected chi connectivity index (χ0v) is 20.5. The van der Waals surface area contributed by atoms with Crippen molar-refractivity contribution in [1.29, 1.82) is 0 Å². The van der Waals surface area contributed by atoms with Crippen LogP contribution in [0.1, 0.15) is 43.7 Å². The number of thiocarbonyl (C=S) groups is 1. The van der Waals surface area contributed by atoms with Gasteiger partial charge in [-0.05, 0) is 55.3 Å². The number of hydrogen-bond donors (Lipinski definition) is 0. The highest BCUT2D eigenvalue weighted by Crippen LogP contribution is 2.34. The van der Waals surface area contributed by atoms with Gasteiger partial charge in [-0.3, -0.25) is 18.9 Å². The topological polar surface area (TPSA) is 63.9 Å². The Bertz CT molecular complexity index is 1340. The summed E-state index contributed by atoms with van der Waals surface area (Å²) in [5, 5.41) is 0. The average Bonchev–Trinajstić information content (AvgIpc) is 3.08. The number of halogens is 1. The zero-order chi connectivity index (χ0) is 24.2. The Hall–Kier alpha value is -3.04. The van der Waals surface area contributed by atoms with Crippen LogP contribution < -0.4 is 10.3 Å². The Morgan fingerprint density at radius 1 is 1.15 bits per heavy atom. The lowest BCUT2D eigenvalue weighted by atomic mass is 10.2. The first-order chi connectivity index (χ1) is 16.4. The van der Waals surface area contributed by atoms with E-state index < -0.39 is 5.82 Å². The summed E-state index contributed by atoms with van der Waals surface area (Å²) in [7, 11) is 0. The van der Waals surface area contributed by atoms with Crippen molar-refractivity contribution in [3.05, 3.63) is 74.8 Å². The molecule has 176 valence electrons. The standard InChI is InChI=1S/C25H24FN3O3S2/c1-3-4-5-6-13-29-24(31)20(34-25(29)33)15-19-22(32-18-11-9-17(26)10-12-18)27-21-16(2)8-7-14-28(21)23(19)30/h7-12,14-15H,3-6,13H2,1-2H3/b20-15+. The van der Waals surface area contributed by atoms with E-state index in [0.717, 1.165) is 43.0 Å². The number of amides is 1. The van der Waals surface area contributed by atoms with Crippen molar-refractivity contribution in [1.82, 2.24) is 14.3 Å². The number of nitrogens with zero attached hydrogens (tertiary/aromatic N) is 3. The van der Waals surface area contributed by atoms with E-state index in [0.29, 0.717) is 27.2 Å². The SMILES string of the molecule is CCCCCCN1C(=O)/C(=C\c2c(Oc3ccc(F)cc3)nc3c(C)cccn3c2=O)SC1=S. The van der Waals surface area contributed by atoms with Crippen molar-refractivity contribution in [2.24, 2.45) is 0 Å². The molecule has 9 heteroatoms. The molecule has 4 rings (SSSR count). The fourth-order valence-electron chi connectivity index (χ4n) is 3.63. The molecule has 1 amide bonds. The first-order valence-corrected chi connectivity index (χ1v) is 12.3. The maximum absolute atomic E-state index is 13.4. The first kappa shape index (κ1) is 24.1. The lowest BCUT2D eigenvalue weighted by molar-refractivity contribution is -0.122. The smallest absolute Gasteiger partial charge is 0.269 e. The highest BCUT2D eigenvalue weighted by Gasteiger charge is 2.32. The van der Waals surface area contributed by atoms with E-state index in [-0.39, 0.29) is 22.9 Å². The van der Waals surface area contributed by atoms with Crippen LogP contribution in [0, 0.1) is 12.7 Å².